The Labute approximate surface area is 135 Å². The summed E-state index contributed by atoms with van der Waals surface area (Å²) in [5.41, 5.74) is 0.700. The second-order valence-corrected chi connectivity index (χ2v) is 5.50. The predicted molar refractivity (Wildman–Crippen MR) is 77.8 cm³/mol. The molecule has 1 aliphatic heterocycles. The minimum atomic E-state index is -1.12. The second-order valence-electron chi connectivity index (χ2n) is 5.50. The first-order valence-corrected chi connectivity index (χ1v) is 7.28. The van der Waals surface area contributed by atoms with Crippen LogP contribution in [0, 0.1) is 5.82 Å². The number of likely N-dealkylation sites (tertiary alicyclic amines) is 1. The number of benzene rings is 1. The van der Waals surface area contributed by atoms with Crippen LogP contribution in [0.25, 0.3) is 0 Å². The van der Waals surface area contributed by atoms with E-state index in [0.29, 0.717) is 12.0 Å². The summed E-state index contributed by atoms with van der Waals surface area (Å²) >= 11 is 0. The van der Waals surface area contributed by atoms with E-state index in [4.69, 9.17) is 5.11 Å². The van der Waals surface area contributed by atoms with Gasteiger partial charge in [0.05, 0.1) is 0 Å². The molecule has 0 bridgehead atoms. The highest BCUT2D eigenvalue weighted by Gasteiger charge is 2.36. The minimum Gasteiger partial charge on any atom is -0.480 e. The van der Waals surface area contributed by atoms with Gasteiger partial charge in [0, 0.05) is 13.0 Å². The molecule has 1 aliphatic rings. The Morgan fingerprint density at radius 1 is 1.33 bits per heavy atom. The fourth-order valence-corrected chi connectivity index (χ4v) is 2.78. The second kappa shape index (κ2) is 6.26. The molecule has 9 heteroatoms. The summed E-state index contributed by atoms with van der Waals surface area (Å²) in [4.78, 5) is 36.2. The van der Waals surface area contributed by atoms with Gasteiger partial charge in [0.2, 0.25) is 5.91 Å². The number of amides is 1. The lowest BCUT2D eigenvalue weighted by Crippen LogP contribution is -2.35. The number of nitrogens with zero attached hydrogens (tertiary/aromatic N) is 3. The quantitative estimate of drug-likeness (QED) is 0.849. The number of carbonyl (C=O) groups is 2. The van der Waals surface area contributed by atoms with E-state index in [-0.39, 0.29) is 24.6 Å². The third-order valence-corrected chi connectivity index (χ3v) is 3.89. The minimum absolute atomic E-state index is 0.189. The summed E-state index contributed by atoms with van der Waals surface area (Å²) < 4.78 is 18.8. The van der Waals surface area contributed by atoms with Crippen molar-refractivity contribution in [2.24, 2.45) is 0 Å². The highest BCUT2D eigenvalue weighted by molar-refractivity contribution is 5.86. The van der Waals surface area contributed by atoms with Gasteiger partial charge in [-0.1, -0.05) is 17.3 Å². The van der Waals surface area contributed by atoms with Crippen molar-refractivity contribution < 1.29 is 23.6 Å². The maximum atomic E-state index is 13.0. The van der Waals surface area contributed by atoms with E-state index in [2.05, 4.69) is 9.68 Å². The fraction of sp³-hybridized carbons (Fsp3) is 0.333. The fourth-order valence-electron chi connectivity index (χ4n) is 2.78. The maximum absolute atomic E-state index is 13.0. The summed E-state index contributed by atoms with van der Waals surface area (Å²) in [5, 5.41) is 12.5. The highest BCUT2D eigenvalue weighted by Crippen LogP contribution is 2.23. The Morgan fingerprint density at radius 3 is 2.71 bits per heavy atom. The van der Waals surface area contributed by atoms with Crippen molar-refractivity contribution in [2.75, 3.05) is 13.1 Å². The lowest BCUT2D eigenvalue weighted by atomic mass is 10.1. The van der Waals surface area contributed by atoms with Gasteiger partial charge < -0.3 is 10.0 Å². The lowest BCUT2D eigenvalue weighted by molar-refractivity contribution is -0.143. The molecule has 2 aromatic rings. The molecular weight excluding hydrogens is 321 g/mol. The Kier molecular flexibility index (Phi) is 4.15. The largest absolute Gasteiger partial charge is 0.480 e. The van der Waals surface area contributed by atoms with Crippen LogP contribution in [0.5, 0.6) is 0 Å². The number of aliphatic carboxylic acids is 1. The number of hydrogen-bond donors (Lipinski definition) is 1. The average molecular weight is 335 g/mol. The zero-order chi connectivity index (χ0) is 17.3. The molecule has 1 aromatic carbocycles. The van der Waals surface area contributed by atoms with Gasteiger partial charge in [0.25, 0.3) is 0 Å². The van der Waals surface area contributed by atoms with Crippen LogP contribution < -0.4 is 5.76 Å². The molecule has 1 unspecified atom stereocenters. The first-order valence-electron chi connectivity index (χ1n) is 7.28. The first-order chi connectivity index (χ1) is 11.5. The molecule has 0 radical (unpaired) electrons. The number of hydrogen-bond acceptors (Lipinski definition) is 5. The van der Waals surface area contributed by atoms with Gasteiger partial charge in [-0.2, -0.15) is 0 Å². The zero-order valence-electron chi connectivity index (χ0n) is 12.5. The Balaban J connectivity index is 1.85. The first kappa shape index (κ1) is 15.9. The van der Waals surface area contributed by atoms with Crippen LogP contribution in [0.3, 0.4) is 0 Å². The molecule has 1 fully saturated rings. The van der Waals surface area contributed by atoms with E-state index < -0.39 is 30.2 Å². The summed E-state index contributed by atoms with van der Waals surface area (Å²) in [7, 11) is 0. The molecule has 1 aromatic heterocycles. The topological polar surface area (TPSA) is 106 Å². The van der Waals surface area contributed by atoms with Gasteiger partial charge in [0.15, 0.2) is 5.82 Å². The van der Waals surface area contributed by atoms with Gasteiger partial charge >= 0.3 is 11.7 Å². The van der Waals surface area contributed by atoms with Gasteiger partial charge in [0.1, 0.15) is 18.4 Å². The number of carbonyl (C=O) groups excluding carboxylic acids is 1. The zero-order valence-corrected chi connectivity index (χ0v) is 12.5. The molecule has 1 amide bonds. The van der Waals surface area contributed by atoms with Crippen LogP contribution in [0.4, 0.5) is 4.39 Å². The molecule has 3 rings (SSSR count). The van der Waals surface area contributed by atoms with Crippen LogP contribution in [0.1, 0.15) is 23.9 Å². The van der Waals surface area contributed by atoms with Crippen molar-refractivity contribution in [1.29, 1.82) is 0 Å². The van der Waals surface area contributed by atoms with Crippen molar-refractivity contribution in [3.05, 3.63) is 52.0 Å². The maximum Gasteiger partial charge on any atom is 0.442 e. The summed E-state index contributed by atoms with van der Waals surface area (Å²) in [6.45, 7) is -0.175. The number of halogens is 1. The van der Waals surface area contributed by atoms with Crippen LogP contribution in [-0.2, 0) is 16.0 Å². The van der Waals surface area contributed by atoms with E-state index >= 15 is 0 Å². The van der Waals surface area contributed by atoms with Crippen LogP contribution in [0.15, 0.2) is 33.6 Å². The van der Waals surface area contributed by atoms with Crippen LogP contribution in [-0.4, -0.2) is 44.7 Å². The van der Waals surface area contributed by atoms with Crippen molar-refractivity contribution in [1.82, 2.24) is 14.6 Å². The number of rotatable bonds is 5. The van der Waals surface area contributed by atoms with E-state index in [1.165, 1.54) is 17.0 Å². The van der Waals surface area contributed by atoms with Gasteiger partial charge in [-0.3, -0.25) is 14.1 Å². The van der Waals surface area contributed by atoms with E-state index in [9.17, 15) is 18.8 Å². The SMILES string of the molecule is O=C(O)CN1CCC(n2c(Cc3ccc(F)cc3)noc2=O)C1=O. The number of aromatic nitrogens is 2. The molecule has 8 nitrogen and oxygen atoms in total. The lowest BCUT2D eigenvalue weighted by Gasteiger charge is -2.14. The van der Waals surface area contributed by atoms with E-state index in [1.807, 2.05) is 0 Å². The average Bonchev–Trinajstić information content (AvgIpc) is 3.05. The third kappa shape index (κ3) is 3.05. The molecular formula is C15H14FN3O5. The molecule has 1 N–H and O–H groups in total. The number of carboxylic acid groups (broad SMARTS) is 1. The van der Waals surface area contributed by atoms with Crippen molar-refractivity contribution in [2.45, 2.75) is 18.9 Å². The molecule has 126 valence electrons. The number of carboxylic acids is 1. The third-order valence-electron chi connectivity index (χ3n) is 3.89. The van der Waals surface area contributed by atoms with Crippen LogP contribution >= 0.6 is 0 Å². The summed E-state index contributed by atoms with van der Waals surface area (Å²) in [6.07, 6.45) is 0.485. The smallest absolute Gasteiger partial charge is 0.442 e. The Morgan fingerprint density at radius 2 is 2.04 bits per heavy atom. The van der Waals surface area contributed by atoms with Gasteiger partial charge in [-0.15, -0.1) is 0 Å². The standard InChI is InChI=1S/C15H14FN3O5/c16-10-3-1-9(2-4-10)7-12-17-24-15(23)19(12)11-5-6-18(14(11)22)8-13(20)21/h1-4,11H,5-8H2,(H,20,21). The molecule has 2 heterocycles. The van der Waals surface area contributed by atoms with E-state index in [0.717, 1.165) is 4.57 Å². The highest BCUT2D eigenvalue weighted by atomic mass is 19.1. The normalized spacial score (nSPS) is 17.5. The van der Waals surface area contributed by atoms with Crippen LogP contribution in [0.2, 0.25) is 0 Å². The molecule has 1 saturated heterocycles. The molecule has 1 atom stereocenters. The van der Waals surface area contributed by atoms with Crippen molar-refractivity contribution in [3.8, 4) is 0 Å². The predicted octanol–water partition coefficient (Wildman–Crippen LogP) is 0.424. The summed E-state index contributed by atoms with van der Waals surface area (Å²) in [5.74, 6) is -2.49. The molecule has 0 spiro atoms. The van der Waals surface area contributed by atoms with Crippen molar-refractivity contribution in [3.63, 3.8) is 0 Å². The molecule has 0 saturated carbocycles. The molecule has 0 aliphatic carbocycles. The van der Waals surface area contributed by atoms with E-state index in [1.54, 1.807) is 12.1 Å². The molecule has 24 heavy (non-hydrogen) atoms. The van der Waals surface area contributed by atoms with Gasteiger partial charge in [-0.25, -0.2) is 13.8 Å². The van der Waals surface area contributed by atoms with Gasteiger partial charge in [-0.05, 0) is 24.1 Å². The summed E-state index contributed by atoms with van der Waals surface area (Å²) in [6, 6.07) is 4.83. The Hall–Kier alpha value is -2.97. The monoisotopic (exact) mass is 335 g/mol. The van der Waals surface area contributed by atoms with Crippen molar-refractivity contribution >= 4 is 11.9 Å². The Bertz CT molecular complexity index is 826.